The van der Waals surface area contributed by atoms with E-state index in [4.69, 9.17) is 5.11 Å². The predicted molar refractivity (Wildman–Crippen MR) is 60.4 cm³/mol. The van der Waals surface area contributed by atoms with Crippen molar-refractivity contribution in [3.63, 3.8) is 0 Å². The third kappa shape index (κ3) is 3.58. The van der Waals surface area contributed by atoms with Gasteiger partial charge in [0.25, 0.3) is 0 Å². The van der Waals surface area contributed by atoms with Gasteiger partial charge in [-0.2, -0.15) is 0 Å². The maximum atomic E-state index is 9.00. The number of rotatable bonds is 5. The summed E-state index contributed by atoms with van der Waals surface area (Å²) in [6.45, 7) is 7.40. The van der Waals surface area contributed by atoms with Crippen molar-refractivity contribution in [2.45, 2.75) is 52.0 Å². The molecule has 1 rings (SSSR count). The van der Waals surface area contributed by atoms with E-state index in [0.717, 1.165) is 12.3 Å². The molecule has 0 aromatic heterocycles. The number of piperidine rings is 1. The molecule has 2 unspecified atom stereocenters. The molecule has 1 saturated heterocycles. The van der Waals surface area contributed by atoms with E-state index in [2.05, 4.69) is 18.7 Å². The first-order chi connectivity index (χ1) is 6.77. The molecule has 1 fully saturated rings. The Morgan fingerprint density at radius 3 is 2.86 bits per heavy atom. The third-order valence-electron chi connectivity index (χ3n) is 3.45. The Morgan fingerprint density at radius 1 is 1.43 bits per heavy atom. The first-order valence-corrected chi connectivity index (χ1v) is 6.12. The number of nitrogens with zero attached hydrogens (tertiary/aromatic N) is 1. The minimum absolute atomic E-state index is 0.349. The molecular formula is C12H25NO. The molecule has 14 heavy (non-hydrogen) atoms. The number of hydrogen-bond acceptors (Lipinski definition) is 2. The van der Waals surface area contributed by atoms with Gasteiger partial charge >= 0.3 is 0 Å². The van der Waals surface area contributed by atoms with Crippen LogP contribution < -0.4 is 0 Å². The van der Waals surface area contributed by atoms with Gasteiger partial charge in [0.1, 0.15) is 0 Å². The summed E-state index contributed by atoms with van der Waals surface area (Å²) >= 11 is 0. The highest BCUT2D eigenvalue weighted by atomic mass is 16.3. The third-order valence-corrected chi connectivity index (χ3v) is 3.45. The maximum absolute atomic E-state index is 9.00. The van der Waals surface area contributed by atoms with Gasteiger partial charge in [0, 0.05) is 19.2 Å². The van der Waals surface area contributed by atoms with Crippen LogP contribution in [0.2, 0.25) is 0 Å². The SMILES string of the molecule is CCC(C)CN1CCCCC1CCO. The van der Waals surface area contributed by atoms with Crippen molar-refractivity contribution in [1.82, 2.24) is 4.90 Å². The second-order valence-electron chi connectivity index (χ2n) is 4.67. The Kier molecular flexibility index (Phi) is 5.49. The summed E-state index contributed by atoms with van der Waals surface area (Å²) in [7, 11) is 0. The molecule has 2 nitrogen and oxygen atoms in total. The molecule has 0 aromatic rings. The zero-order chi connectivity index (χ0) is 10.4. The van der Waals surface area contributed by atoms with Gasteiger partial charge in [0.15, 0.2) is 0 Å². The lowest BCUT2D eigenvalue weighted by Crippen LogP contribution is -2.42. The quantitative estimate of drug-likeness (QED) is 0.734. The molecule has 84 valence electrons. The lowest BCUT2D eigenvalue weighted by Gasteiger charge is -2.37. The van der Waals surface area contributed by atoms with Crippen molar-refractivity contribution >= 4 is 0 Å². The van der Waals surface area contributed by atoms with Crippen molar-refractivity contribution in [2.75, 3.05) is 19.7 Å². The Labute approximate surface area is 88.3 Å². The maximum Gasteiger partial charge on any atom is 0.0445 e. The zero-order valence-corrected chi connectivity index (χ0v) is 9.71. The lowest BCUT2D eigenvalue weighted by molar-refractivity contribution is 0.104. The summed E-state index contributed by atoms with van der Waals surface area (Å²) in [6.07, 6.45) is 6.22. The van der Waals surface area contributed by atoms with E-state index in [9.17, 15) is 0 Å². The fourth-order valence-corrected chi connectivity index (χ4v) is 2.31. The topological polar surface area (TPSA) is 23.5 Å². The van der Waals surface area contributed by atoms with Crippen molar-refractivity contribution < 1.29 is 5.11 Å². The summed E-state index contributed by atoms with van der Waals surface area (Å²) in [5.74, 6) is 0.800. The zero-order valence-electron chi connectivity index (χ0n) is 9.71. The Balaban J connectivity index is 2.37. The van der Waals surface area contributed by atoms with Crippen LogP contribution >= 0.6 is 0 Å². The molecule has 1 N–H and O–H groups in total. The summed E-state index contributed by atoms with van der Waals surface area (Å²) < 4.78 is 0. The fraction of sp³-hybridized carbons (Fsp3) is 1.00. The molecular weight excluding hydrogens is 174 g/mol. The molecule has 0 radical (unpaired) electrons. The minimum atomic E-state index is 0.349. The smallest absolute Gasteiger partial charge is 0.0445 e. The summed E-state index contributed by atoms with van der Waals surface area (Å²) in [5.41, 5.74) is 0. The van der Waals surface area contributed by atoms with Gasteiger partial charge in [0.05, 0.1) is 0 Å². The normalized spacial score (nSPS) is 26.4. The van der Waals surface area contributed by atoms with E-state index in [1.807, 2.05) is 0 Å². The van der Waals surface area contributed by atoms with Gasteiger partial charge in [-0.1, -0.05) is 26.7 Å². The second kappa shape index (κ2) is 6.41. The summed E-state index contributed by atoms with van der Waals surface area (Å²) in [4.78, 5) is 2.59. The molecule has 0 aliphatic carbocycles. The van der Waals surface area contributed by atoms with Crippen molar-refractivity contribution in [3.8, 4) is 0 Å². The van der Waals surface area contributed by atoms with E-state index in [1.165, 1.54) is 38.8 Å². The first kappa shape index (κ1) is 12.0. The molecule has 0 bridgehead atoms. The van der Waals surface area contributed by atoms with Crippen molar-refractivity contribution in [2.24, 2.45) is 5.92 Å². The average Bonchev–Trinajstić information content (AvgIpc) is 2.21. The summed E-state index contributed by atoms with van der Waals surface area (Å²) in [6, 6.07) is 0.655. The Bertz CT molecular complexity index is 147. The fourth-order valence-electron chi connectivity index (χ4n) is 2.31. The highest BCUT2D eigenvalue weighted by Gasteiger charge is 2.22. The van der Waals surface area contributed by atoms with Crippen molar-refractivity contribution in [1.29, 1.82) is 0 Å². The van der Waals surface area contributed by atoms with Crippen LogP contribution in [0.4, 0.5) is 0 Å². The lowest BCUT2D eigenvalue weighted by atomic mass is 9.97. The average molecular weight is 199 g/mol. The van der Waals surface area contributed by atoms with Crippen LogP contribution in [0.5, 0.6) is 0 Å². The molecule has 2 atom stereocenters. The van der Waals surface area contributed by atoms with E-state index in [-0.39, 0.29) is 0 Å². The van der Waals surface area contributed by atoms with Crippen LogP contribution in [-0.2, 0) is 0 Å². The van der Waals surface area contributed by atoms with Crippen LogP contribution in [0.15, 0.2) is 0 Å². The number of hydrogen-bond donors (Lipinski definition) is 1. The Hall–Kier alpha value is -0.0800. The molecule has 2 heteroatoms. The molecule has 1 aliphatic rings. The van der Waals surface area contributed by atoms with E-state index in [0.29, 0.717) is 12.6 Å². The highest BCUT2D eigenvalue weighted by molar-refractivity contribution is 4.77. The number of aliphatic hydroxyl groups is 1. The van der Waals surface area contributed by atoms with Crippen LogP contribution in [0.25, 0.3) is 0 Å². The van der Waals surface area contributed by atoms with E-state index < -0.39 is 0 Å². The molecule has 0 amide bonds. The molecule has 0 saturated carbocycles. The van der Waals surface area contributed by atoms with Crippen LogP contribution in [0.1, 0.15) is 46.0 Å². The van der Waals surface area contributed by atoms with Crippen LogP contribution in [0.3, 0.4) is 0 Å². The largest absolute Gasteiger partial charge is 0.396 e. The van der Waals surface area contributed by atoms with Crippen LogP contribution in [-0.4, -0.2) is 35.7 Å². The highest BCUT2D eigenvalue weighted by Crippen LogP contribution is 2.21. The van der Waals surface area contributed by atoms with Gasteiger partial charge in [0.2, 0.25) is 0 Å². The van der Waals surface area contributed by atoms with Gasteiger partial charge < -0.3 is 10.0 Å². The Morgan fingerprint density at radius 2 is 2.21 bits per heavy atom. The van der Waals surface area contributed by atoms with Gasteiger partial charge in [-0.15, -0.1) is 0 Å². The van der Waals surface area contributed by atoms with Crippen LogP contribution in [0, 0.1) is 5.92 Å². The van der Waals surface area contributed by atoms with Crippen molar-refractivity contribution in [3.05, 3.63) is 0 Å². The standard InChI is InChI=1S/C12H25NO/c1-3-11(2)10-13-8-5-4-6-12(13)7-9-14/h11-12,14H,3-10H2,1-2H3. The van der Waals surface area contributed by atoms with Gasteiger partial charge in [-0.05, 0) is 31.7 Å². The van der Waals surface area contributed by atoms with Gasteiger partial charge in [-0.25, -0.2) is 0 Å². The number of aliphatic hydroxyl groups excluding tert-OH is 1. The predicted octanol–water partition coefficient (Wildman–Crippen LogP) is 2.27. The molecule has 1 heterocycles. The summed E-state index contributed by atoms with van der Waals surface area (Å²) in [5, 5.41) is 9.00. The number of likely N-dealkylation sites (tertiary alicyclic amines) is 1. The minimum Gasteiger partial charge on any atom is -0.396 e. The molecule has 1 aliphatic heterocycles. The van der Waals surface area contributed by atoms with E-state index >= 15 is 0 Å². The van der Waals surface area contributed by atoms with Gasteiger partial charge in [-0.3, -0.25) is 0 Å². The molecule has 0 spiro atoms. The monoisotopic (exact) mass is 199 g/mol. The second-order valence-corrected chi connectivity index (χ2v) is 4.67. The van der Waals surface area contributed by atoms with E-state index in [1.54, 1.807) is 0 Å². The first-order valence-electron chi connectivity index (χ1n) is 6.12. The molecule has 0 aromatic carbocycles.